The van der Waals surface area contributed by atoms with Gasteiger partial charge in [-0.2, -0.15) is 0 Å². The molecule has 0 saturated carbocycles. The van der Waals surface area contributed by atoms with Gasteiger partial charge in [-0.05, 0) is 156 Å². The van der Waals surface area contributed by atoms with Gasteiger partial charge < -0.3 is 0 Å². The Labute approximate surface area is 349 Å². The maximum Gasteiger partial charge on any atom is 0.0505 e. The molecule has 2 aliphatic rings. The Hall–Kier alpha value is -2.54. The quantitative estimate of drug-likeness (QED) is 0.0852. The van der Waals surface area contributed by atoms with Crippen molar-refractivity contribution in [3.05, 3.63) is 92.7 Å². The molecule has 2 aromatic carbocycles. The van der Waals surface area contributed by atoms with Gasteiger partial charge in [0.15, 0.2) is 0 Å². The summed E-state index contributed by atoms with van der Waals surface area (Å²) in [5, 5.41) is 2.84. The number of aryl methyl sites for hydroxylation is 2. The number of rotatable bonds is 16. The van der Waals surface area contributed by atoms with Crippen molar-refractivity contribution < 1.29 is 0 Å². The van der Waals surface area contributed by atoms with E-state index in [4.69, 9.17) is 0 Å². The molecule has 286 valence electrons. The minimum absolute atomic E-state index is 0.0589. The van der Waals surface area contributed by atoms with E-state index in [-0.39, 0.29) is 10.8 Å². The number of hydrogen-bond donors (Lipinski definition) is 0. The van der Waals surface area contributed by atoms with Crippen molar-refractivity contribution in [2.24, 2.45) is 0 Å². The molecule has 5 heteroatoms. The van der Waals surface area contributed by atoms with Crippen LogP contribution in [-0.2, 0) is 23.7 Å². The summed E-state index contributed by atoms with van der Waals surface area (Å²) in [4.78, 5) is 12.0. The lowest BCUT2D eigenvalue weighted by Crippen LogP contribution is -2.23. The second-order valence-corrected chi connectivity index (χ2v) is 21.8. The zero-order valence-corrected chi connectivity index (χ0v) is 37.8. The topological polar surface area (TPSA) is 0 Å². The van der Waals surface area contributed by atoms with E-state index >= 15 is 0 Å². The van der Waals surface area contributed by atoms with Crippen LogP contribution in [0.2, 0.25) is 0 Å². The molecule has 2 aliphatic carbocycles. The molecule has 0 saturated heterocycles. The maximum absolute atomic E-state index is 2.63. The van der Waals surface area contributed by atoms with Gasteiger partial charge in [-0.25, -0.2) is 0 Å². The third-order valence-corrected chi connectivity index (χ3v) is 19.8. The van der Waals surface area contributed by atoms with Crippen LogP contribution in [0.25, 0.3) is 60.6 Å². The summed E-state index contributed by atoms with van der Waals surface area (Å²) in [6.07, 6.45) is 17.6. The number of benzene rings is 2. The maximum atomic E-state index is 2.63. The molecule has 0 amide bonds. The summed E-state index contributed by atoms with van der Waals surface area (Å²) in [6.45, 7) is 14.3. The van der Waals surface area contributed by atoms with Crippen molar-refractivity contribution >= 4 is 76.9 Å². The van der Waals surface area contributed by atoms with Crippen LogP contribution in [0.15, 0.2) is 60.7 Å². The van der Waals surface area contributed by atoms with Gasteiger partial charge in [0.1, 0.15) is 0 Å². The highest BCUT2D eigenvalue weighted by molar-refractivity contribution is 7.32. The fourth-order valence-electron chi connectivity index (χ4n) is 10.2. The van der Waals surface area contributed by atoms with E-state index in [1.165, 1.54) is 115 Å². The van der Waals surface area contributed by atoms with Crippen LogP contribution in [0, 0.1) is 0 Å². The first kappa shape index (κ1) is 38.0. The van der Waals surface area contributed by atoms with Crippen LogP contribution in [0.5, 0.6) is 0 Å². The molecule has 0 bridgehead atoms. The SMILES string of the molecule is CCCCCCc1ccc(-c2cc3c(s2)-c2cc4cc5c(cc4cc2C3(CC)CC)-c2sc3cc(-c4ccc(CCCCCC)s4)sc3c2C5(CC)CC)s1. The zero-order valence-electron chi connectivity index (χ0n) is 33.7. The predicted octanol–water partition coefficient (Wildman–Crippen LogP) is 18.1. The van der Waals surface area contributed by atoms with Crippen LogP contribution in [0.1, 0.15) is 151 Å². The first-order valence-electron chi connectivity index (χ1n) is 21.4. The third kappa shape index (κ3) is 6.12. The second kappa shape index (κ2) is 15.3. The summed E-state index contributed by atoms with van der Waals surface area (Å²) in [6, 6.07) is 25.2. The van der Waals surface area contributed by atoms with Gasteiger partial charge in [-0.1, -0.05) is 80.1 Å². The highest BCUT2D eigenvalue weighted by Crippen LogP contribution is 2.62. The smallest absolute Gasteiger partial charge is 0.0505 e. The van der Waals surface area contributed by atoms with Crippen LogP contribution in [-0.4, -0.2) is 0 Å². The van der Waals surface area contributed by atoms with Gasteiger partial charge >= 0.3 is 0 Å². The van der Waals surface area contributed by atoms with Crippen molar-refractivity contribution in [1.82, 2.24) is 0 Å². The van der Waals surface area contributed by atoms with E-state index in [2.05, 4.69) is 136 Å². The number of thiophene rings is 5. The predicted molar refractivity (Wildman–Crippen MR) is 251 cm³/mol. The molecule has 5 heterocycles. The van der Waals surface area contributed by atoms with Crippen LogP contribution in [0.3, 0.4) is 0 Å². The van der Waals surface area contributed by atoms with Crippen molar-refractivity contribution in [3.8, 4) is 40.4 Å². The number of unbranched alkanes of at least 4 members (excludes halogenated alkanes) is 6. The van der Waals surface area contributed by atoms with Crippen molar-refractivity contribution in [1.29, 1.82) is 0 Å². The Kier molecular flexibility index (Phi) is 10.6. The average molecular weight is 817 g/mol. The fourth-order valence-corrected chi connectivity index (χ4v) is 16.6. The van der Waals surface area contributed by atoms with E-state index in [9.17, 15) is 0 Å². The Balaban J connectivity index is 1.09. The Bertz CT molecular complexity index is 2480. The van der Waals surface area contributed by atoms with E-state index in [0.29, 0.717) is 0 Å². The molecule has 0 N–H and O–H groups in total. The lowest BCUT2D eigenvalue weighted by Gasteiger charge is -2.30. The summed E-state index contributed by atoms with van der Waals surface area (Å²) in [7, 11) is 0. The molecule has 9 rings (SSSR count). The molecule has 0 radical (unpaired) electrons. The molecule has 0 nitrogen and oxygen atoms in total. The first-order chi connectivity index (χ1) is 26.9. The Morgan fingerprint density at radius 2 is 0.982 bits per heavy atom. The molecule has 7 aromatic rings. The number of fused-ring (bicyclic) bond motifs is 9. The number of hydrogen-bond acceptors (Lipinski definition) is 5. The Morgan fingerprint density at radius 1 is 0.436 bits per heavy atom. The van der Waals surface area contributed by atoms with Crippen LogP contribution < -0.4 is 0 Å². The summed E-state index contributed by atoms with van der Waals surface area (Å²) < 4.78 is 3.03. The first-order valence-corrected chi connectivity index (χ1v) is 25.5. The standard InChI is InChI=1S/C50H56S5/c1-7-13-15-17-19-33-21-23-40(51-33)42-29-39-46(53-42)35-25-31-28-38-36(26-32(31)27-37(35)49(39,9-3)10-4)47-45(50(38,11-5)12-6)48-44(55-47)30-43(54-48)41-24-22-34(52-41)20-18-16-14-8-2/h21-30H,7-20H2,1-6H3. The normalized spacial score (nSPS) is 14.9. The van der Waals surface area contributed by atoms with Gasteiger partial charge in [0.25, 0.3) is 0 Å². The van der Waals surface area contributed by atoms with E-state index in [1.807, 2.05) is 22.7 Å². The van der Waals surface area contributed by atoms with Gasteiger partial charge in [-0.3, -0.25) is 0 Å². The van der Waals surface area contributed by atoms with Gasteiger partial charge in [0.05, 0.1) is 4.70 Å². The summed E-state index contributed by atoms with van der Waals surface area (Å²) in [5.41, 5.74) is 9.48. The molecule has 0 atom stereocenters. The monoisotopic (exact) mass is 816 g/mol. The molecule has 55 heavy (non-hydrogen) atoms. The van der Waals surface area contributed by atoms with E-state index < -0.39 is 0 Å². The van der Waals surface area contributed by atoms with Crippen LogP contribution in [0.4, 0.5) is 0 Å². The molecule has 5 aromatic heterocycles. The van der Waals surface area contributed by atoms with E-state index in [0.717, 1.165) is 25.7 Å². The van der Waals surface area contributed by atoms with Gasteiger partial charge in [0.2, 0.25) is 0 Å². The summed E-state index contributed by atoms with van der Waals surface area (Å²) >= 11 is 10.2. The molecule has 0 fully saturated rings. The average Bonchev–Trinajstić information content (AvgIpc) is 4.06. The highest BCUT2D eigenvalue weighted by atomic mass is 32.1. The molecular weight excluding hydrogens is 761 g/mol. The molecule has 0 aliphatic heterocycles. The lowest BCUT2D eigenvalue weighted by atomic mass is 9.73. The van der Waals surface area contributed by atoms with Crippen LogP contribution >= 0.6 is 56.7 Å². The molecular formula is C50H56S5. The largest absolute Gasteiger partial charge is 0.139 e. The lowest BCUT2D eigenvalue weighted by molar-refractivity contribution is 0.491. The zero-order chi connectivity index (χ0) is 37.9. The van der Waals surface area contributed by atoms with Crippen molar-refractivity contribution in [2.45, 2.75) is 142 Å². The van der Waals surface area contributed by atoms with Gasteiger partial charge in [-0.15, -0.1) is 56.7 Å². The van der Waals surface area contributed by atoms with E-state index in [1.54, 1.807) is 41.6 Å². The minimum atomic E-state index is 0.0589. The van der Waals surface area contributed by atoms with Crippen molar-refractivity contribution in [3.63, 3.8) is 0 Å². The minimum Gasteiger partial charge on any atom is -0.139 e. The molecule has 0 unspecified atom stereocenters. The summed E-state index contributed by atoms with van der Waals surface area (Å²) in [5.74, 6) is 0. The highest BCUT2D eigenvalue weighted by Gasteiger charge is 2.46. The second-order valence-electron chi connectivity index (χ2n) is 16.3. The fraction of sp³-hybridized carbons (Fsp3) is 0.440. The third-order valence-electron chi connectivity index (χ3n) is 13.5. The molecule has 0 spiro atoms. The Morgan fingerprint density at radius 3 is 1.55 bits per heavy atom. The van der Waals surface area contributed by atoms with Crippen molar-refractivity contribution in [2.75, 3.05) is 0 Å². The van der Waals surface area contributed by atoms with Gasteiger partial charge in [0, 0.05) is 54.5 Å².